The third kappa shape index (κ3) is 4.25. The van der Waals surface area contributed by atoms with Gasteiger partial charge in [-0.15, -0.1) is 0 Å². The lowest BCUT2D eigenvalue weighted by molar-refractivity contribution is 0.109. The largest absolute Gasteiger partial charge is 0.508 e. The van der Waals surface area contributed by atoms with Crippen LogP contribution in [0.25, 0.3) is 0 Å². The third-order valence-electron chi connectivity index (χ3n) is 5.58. The summed E-state index contributed by atoms with van der Waals surface area (Å²) in [6, 6.07) is 7.87. The van der Waals surface area contributed by atoms with Crippen LogP contribution in [0.4, 0.5) is 0 Å². The Morgan fingerprint density at radius 2 is 2.09 bits per heavy atom. The fourth-order valence-electron chi connectivity index (χ4n) is 3.70. The van der Waals surface area contributed by atoms with Crippen LogP contribution in [-0.2, 0) is 5.41 Å². The van der Waals surface area contributed by atoms with E-state index in [-0.39, 0.29) is 5.41 Å². The Hall–Kier alpha value is -1.02. The summed E-state index contributed by atoms with van der Waals surface area (Å²) in [5.41, 5.74) is 1.48. The lowest BCUT2D eigenvalue weighted by Crippen LogP contribution is -2.47. The fourth-order valence-corrected chi connectivity index (χ4v) is 3.70. The number of aromatic hydroxyl groups is 1. The monoisotopic (exact) mass is 303 g/mol. The average Bonchev–Trinajstić information content (AvgIpc) is 2.47. The Bertz CT molecular complexity index is 471. The fraction of sp³-hybridized carbons (Fsp3) is 0.700. The highest BCUT2D eigenvalue weighted by atomic mass is 16.3. The predicted molar refractivity (Wildman–Crippen MR) is 94.4 cm³/mol. The summed E-state index contributed by atoms with van der Waals surface area (Å²) in [5.74, 6) is 1.84. The van der Waals surface area contributed by atoms with Crippen molar-refractivity contribution in [2.75, 3.05) is 19.6 Å². The van der Waals surface area contributed by atoms with Crippen molar-refractivity contribution in [1.82, 2.24) is 4.90 Å². The van der Waals surface area contributed by atoms with Gasteiger partial charge >= 0.3 is 0 Å². The van der Waals surface area contributed by atoms with Crippen molar-refractivity contribution in [2.45, 2.75) is 58.8 Å². The van der Waals surface area contributed by atoms with Crippen LogP contribution >= 0.6 is 0 Å². The van der Waals surface area contributed by atoms with E-state index in [0.29, 0.717) is 11.7 Å². The van der Waals surface area contributed by atoms with Crippen LogP contribution in [0.1, 0.15) is 58.9 Å². The maximum absolute atomic E-state index is 9.77. The van der Waals surface area contributed by atoms with Gasteiger partial charge in [-0.3, -0.25) is 0 Å². The van der Waals surface area contributed by atoms with Crippen molar-refractivity contribution in [2.24, 2.45) is 11.8 Å². The maximum Gasteiger partial charge on any atom is 0.115 e. The van der Waals surface area contributed by atoms with Crippen molar-refractivity contribution >= 4 is 0 Å². The van der Waals surface area contributed by atoms with Crippen molar-refractivity contribution < 1.29 is 5.11 Å². The zero-order chi connectivity index (χ0) is 16.2. The number of phenols is 1. The molecule has 2 heteroatoms. The average molecular weight is 303 g/mol. The van der Waals surface area contributed by atoms with Crippen LogP contribution in [0.3, 0.4) is 0 Å². The van der Waals surface area contributed by atoms with Gasteiger partial charge in [0.2, 0.25) is 0 Å². The Balaban J connectivity index is 1.89. The minimum atomic E-state index is 0.188. The Kier molecular flexibility index (Phi) is 5.91. The van der Waals surface area contributed by atoms with E-state index in [9.17, 15) is 5.11 Å². The van der Waals surface area contributed by atoms with Gasteiger partial charge in [0, 0.05) is 6.54 Å². The zero-order valence-electron chi connectivity index (χ0n) is 14.8. The van der Waals surface area contributed by atoms with Gasteiger partial charge in [-0.05, 0) is 60.9 Å². The molecule has 1 aromatic carbocycles. The van der Waals surface area contributed by atoms with Crippen LogP contribution in [0.15, 0.2) is 24.3 Å². The molecular weight excluding hydrogens is 270 g/mol. The van der Waals surface area contributed by atoms with Gasteiger partial charge in [0.15, 0.2) is 0 Å². The van der Waals surface area contributed by atoms with Gasteiger partial charge < -0.3 is 10.0 Å². The summed E-state index contributed by atoms with van der Waals surface area (Å²) in [5, 5.41) is 9.77. The van der Waals surface area contributed by atoms with Gasteiger partial charge in [-0.25, -0.2) is 0 Å². The number of hydrogen-bond acceptors (Lipinski definition) is 2. The van der Waals surface area contributed by atoms with Crippen LogP contribution in [0.2, 0.25) is 0 Å². The molecule has 0 amide bonds. The quantitative estimate of drug-likeness (QED) is 0.762. The molecule has 1 fully saturated rings. The van der Waals surface area contributed by atoms with E-state index in [4.69, 9.17) is 0 Å². The smallest absolute Gasteiger partial charge is 0.115 e. The number of phenolic OH excluding ortho intramolecular Hbond substituents is 1. The van der Waals surface area contributed by atoms with E-state index in [1.165, 1.54) is 50.9 Å². The summed E-state index contributed by atoms with van der Waals surface area (Å²) in [6.45, 7) is 12.9. The maximum atomic E-state index is 9.77. The second-order valence-electron chi connectivity index (χ2n) is 7.81. The predicted octanol–water partition coefficient (Wildman–Crippen LogP) is 4.82. The highest BCUT2D eigenvalue weighted by Gasteiger charge is 2.37. The normalized spacial score (nSPS) is 26.5. The molecular formula is C20H33NO. The summed E-state index contributed by atoms with van der Waals surface area (Å²) in [7, 11) is 0. The van der Waals surface area contributed by atoms with Crippen LogP contribution < -0.4 is 0 Å². The van der Waals surface area contributed by atoms with Gasteiger partial charge in [0.25, 0.3) is 0 Å². The molecule has 22 heavy (non-hydrogen) atoms. The van der Waals surface area contributed by atoms with E-state index < -0.39 is 0 Å². The number of hydrogen-bond donors (Lipinski definition) is 1. The number of rotatable bonds is 6. The van der Waals surface area contributed by atoms with E-state index >= 15 is 0 Å². The van der Waals surface area contributed by atoms with E-state index in [2.05, 4.69) is 38.7 Å². The van der Waals surface area contributed by atoms with Gasteiger partial charge in [0.1, 0.15) is 5.75 Å². The molecule has 0 aromatic heterocycles. The van der Waals surface area contributed by atoms with Crippen molar-refractivity contribution in [3.63, 3.8) is 0 Å². The molecule has 0 unspecified atom stereocenters. The molecule has 1 N–H and O–H groups in total. The van der Waals surface area contributed by atoms with Gasteiger partial charge in [-0.1, -0.05) is 52.7 Å². The van der Waals surface area contributed by atoms with Crippen LogP contribution in [0.5, 0.6) is 5.75 Å². The number of piperidine rings is 1. The Labute approximate surface area is 136 Å². The molecule has 1 aliphatic heterocycles. The summed E-state index contributed by atoms with van der Waals surface area (Å²) < 4.78 is 0. The molecule has 0 spiro atoms. The lowest BCUT2D eigenvalue weighted by atomic mass is 9.68. The topological polar surface area (TPSA) is 23.5 Å². The SMILES string of the molecule is CC(C)CCCCN1CC[C@@](C)(c2cccc(O)c2)[C@@H](C)C1. The highest BCUT2D eigenvalue weighted by molar-refractivity contribution is 5.33. The Morgan fingerprint density at radius 1 is 1.32 bits per heavy atom. The first-order valence-corrected chi connectivity index (χ1v) is 8.93. The number of unbranched alkanes of at least 4 members (excludes halogenated alkanes) is 1. The minimum absolute atomic E-state index is 0.188. The molecule has 0 aliphatic carbocycles. The van der Waals surface area contributed by atoms with Gasteiger partial charge in [-0.2, -0.15) is 0 Å². The number of nitrogens with zero attached hydrogens (tertiary/aromatic N) is 1. The van der Waals surface area contributed by atoms with E-state index in [0.717, 1.165) is 5.92 Å². The second-order valence-corrected chi connectivity index (χ2v) is 7.81. The molecule has 0 saturated carbocycles. The number of benzene rings is 1. The first-order valence-electron chi connectivity index (χ1n) is 8.93. The molecule has 1 aromatic rings. The molecule has 2 rings (SSSR count). The molecule has 124 valence electrons. The molecule has 2 atom stereocenters. The summed E-state index contributed by atoms with van der Waals surface area (Å²) in [4.78, 5) is 2.63. The second kappa shape index (κ2) is 7.50. The zero-order valence-corrected chi connectivity index (χ0v) is 14.8. The third-order valence-corrected chi connectivity index (χ3v) is 5.58. The summed E-state index contributed by atoms with van der Waals surface area (Å²) >= 11 is 0. The lowest BCUT2D eigenvalue weighted by Gasteiger charge is -2.45. The van der Waals surface area contributed by atoms with Crippen LogP contribution in [-0.4, -0.2) is 29.6 Å². The standard InChI is InChI=1S/C20H33NO/c1-16(2)8-5-6-12-21-13-11-20(4,17(3)15-21)18-9-7-10-19(22)14-18/h7,9-10,14,16-17,22H,5-6,8,11-13,15H2,1-4H3/t17-,20+/m0/s1. The van der Waals surface area contributed by atoms with E-state index in [1.807, 2.05) is 12.1 Å². The first kappa shape index (κ1) is 17.3. The van der Waals surface area contributed by atoms with Crippen molar-refractivity contribution in [3.05, 3.63) is 29.8 Å². The van der Waals surface area contributed by atoms with Crippen LogP contribution in [0, 0.1) is 11.8 Å². The van der Waals surface area contributed by atoms with Crippen molar-refractivity contribution in [1.29, 1.82) is 0 Å². The van der Waals surface area contributed by atoms with E-state index in [1.54, 1.807) is 6.07 Å². The molecule has 0 radical (unpaired) electrons. The number of likely N-dealkylation sites (tertiary alicyclic amines) is 1. The molecule has 0 bridgehead atoms. The summed E-state index contributed by atoms with van der Waals surface area (Å²) in [6.07, 6.45) is 5.21. The van der Waals surface area contributed by atoms with Gasteiger partial charge in [0.05, 0.1) is 0 Å². The Morgan fingerprint density at radius 3 is 2.73 bits per heavy atom. The van der Waals surface area contributed by atoms with Crippen molar-refractivity contribution in [3.8, 4) is 5.75 Å². The minimum Gasteiger partial charge on any atom is -0.508 e. The first-order chi connectivity index (χ1) is 10.4. The molecule has 2 nitrogen and oxygen atoms in total. The molecule has 1 aliphatic rings. The highest BCUT2D eigenvalue weighted by Crippen LogP contribution is 2.40. The molecule has 1 saturated heterocycles. The molecule has 1 heterocycles.